The molecule has 0 atom stereocenters. The fraction of sp³-hybridized carbons (Fsp3) is 0.273. The third-order valence-corrected chi connectivity index (χ3v) is 2.42. The molecule has 0 amide bonds. The van der Waals surface area contributed by atoms with E-state index in [1.807, 2.05) is 29.8 Å². The van der Waals surface area contributed by atoms with Crippen LogP contribution >= 0.6 is 0 Å². The van der Waals surface area contributed by atoms with Crippen molar-refractivity contribution in [1.29, 1.82) is 0 Å². The molecule has 0 saturated heterocycles. The highest BCUT2D eigenvalue weighted by Gasteiger charge is 2.07. The molecule has 0 N–H and O–H groups in total. The fourth-order valence-corrected chi connectivity index (χ4v) is 1.62. The van der Waals surface area contributed by atoms with Crippen LogP contribution in [0.1, 0.15) is 12.6 Å². The van der Waals surface area contributed by atoms with Crippen LogP contribution in [0.4, 0.5) is 0 Å². The van der Waals surface area contributed by atoms with Crippen LogP contribution in [0, 0.1) is 0 Å². The lowest BCUT2D eigenvalue weighted by Gasteiger charge is -1.99. The van der Waals surface area contributed by atoms with Gasteiger partial charge in [0.25, 0.3) is 0 Å². The molecule has 0 fully saturated rings. The zero-order valence-corrected chi connectivity index (χ0v) is 9.48. The zero-order valence-electron chi connectivity index (χ0n) is 9.48. The maximum Gasteiger partial charge on any atom is 0.0941 e. The molecule has 2 rings (SSSR count). The van der Waals surface area contributed by atoms with Crippen molar-refractivity contribution in [1.82, 2.24) is 14.8 Å². The Labute approximate surface area is 98.5 Å². The number of aromatic nitrogens is 3. The van der Waals surface area contributed by atoms with E-state index in [2.05, 4.69) is 20.1 Å². The van der Waals surface area contributed by atoms with Gasteiger partial charge in [-0.25, -0.2) is 0 Å². The summed E-state index contributed by atoms with van der Waals surface area (Å²) < 4.78 is 1.83. The van der Waals surface area contributed by atoms with E-state index in [-0.39, 0.29) is 0 Å². The Morgan fingerprint density at radius 1 is 1.53 bits per heavy atom. The van der Waals surface area contributed by atoms with Gasteiger partial charge in [-0.1, -0.05) is 5.11 Å². The minimum Gasteiger partial charge on any atom is -0.269 e. The quantitative estimate of drug-likeness (QED) is 0.458. The normalized spacial score (nSPS) is 9.94. The standard InChI is InChI=1S/C11H12N6/c1-2-17-10(8-14-16-12)6-11(15-17)9-4-3-5-13-7-9/h3-7H,2,8H2,1H3. The Morgan fingerprint density at radius 3 is 3.06 bits per heavy atom. The molecule has 6 heteroatoms. The summed E-state index contributed by atoms with van der Waals surface area (Å²) in [5, 5.41) is 8.01. The molecule has 0 unspecified atom stereocenters. The second-order valence-electron chi connectivity index (χ2n) is 3.47. The molecule has 0 aromatic carbocycles. The first-order valence-electron chi connectivity index (χ1n) is 5.33. The molecule has 0 aliphatic rings. The van der Waals surface area contributed by atoms with E-state index >= 15 is 0 Å². The fourth-order valence-electron chi connectivity index (χ4n) is 1.62. The SMILES string of the molecule is CCn1nc(-c2cccnc2)cc1CN=[N+]=[N-]. The summed E-state index contributed by atoms with van der Waals surface area (Å²) in [5.41, 5.74) is 11.1. The number of rotatable bonds is 4. The molecule has 86 valence electrons. The monoisotopic (exact) mass is 228 g/mol. The Morgan fingerprint density at radius 2 is 2.41 bits per heavy atom. The summed E-state index contributed by atoms with van der Waals surface area (Å²) in [6.07, 6.45) is 3.49. The van der Waals surface area contributed by atoms with Gasteiger partial charge in [0.2, 0.25) is 0 Å². The molecule has 2 aromatic rings. The first-order valence-corrected chi connectivity index (χ1v) is 5.33. The molecule has 0 aliphatic heterocycles. The maximum atomic E-state index is 8.33. The third kappa shape index (κ3) is 2.43. The van der Waals surface area contributed by atoms with Gasteiger partial charge in [0.05, 0.1) is 12.2 Å². The van der Waals surface area contributed by atoms with Crippen molar-refractivity contribution >= 4 is 0 Å². The minimum absolute atomic E-state index is 0.317. The Hall–Kier alpha value is -2.33. The van der Waals surface area contributed by atoms with Gasteiger partial charge in [0, 0.05) is 35.1 Å². The van der Waals surface area contributed by atoms with Crippen LogP contribution in [0.3, 0.4) is 0 Å². The number of pyridine rings is 1. The Balaban J connectivity index is 2.37. The van der Waals surface area contributed by atoms with Crippen LogP contribution in [0.5, 0.6) is 0 Å². The number of hydrogen-bond donors (Lipinski definition) is 0. The third-order valence-electron chi connectivity index (χ3n) is 2.42. The van der Waals surface area contributed by atoms with Gasteiger partial charge in [-0.05, 0) is 30.7 Å². The van der Waals surface area contributed by atoms with Crippen LogP contribution in [0.15, 0.2) is 35.7 Å². The van der Waals surface area contributed by atoms with Crippen molar-refractivity contribution in [3.8, 4) is 11.3 Å². The van der Waals surface area contributed by atoms with Gasteiger partial charge >= 0.3 is 0 Å². The topological polar surface area (TPSA) is 79.5 Å². The van der Waals surface area contributed by atoms with E-state index in [1.54, 1.807) is 12.4 Å². The molecule has 0 spiro atoms. The van der Waals surface area contributed by atoms with E-state index < -0.39 is 0 Å². The Kier molecular flexibility index (Phi) is 3.37. The molecule has 0 aliphatic carbocycles. The van der Waals surface area contributed by atoms with Gasteiger partial charge in [-0.15, -0.1) is 0 Å². The van der Waals surface area contributed by atoms with E-state index in [0.29, 0.717) is 6.54 Å². The average Bonchev–Trinajstić information content (AvgIpc) is 2.80. The molecule has 17 heavy (non-hydrogen) atoms. The molecular weight excluding hydrogens is 216 g/mol. The highest BCUT2D eigenvalue weighted by molar-refractivity contribution is 5.57. The molecule has 0 saturated carbocycles. The zero-order chi connectivity index (χ0) is 12.1. The maximum absolute atomic E-state index is 8.33. The predicted octanol–water partition coefficient (Wildman–Crippen LogP) is 2.78. The van der Waals surface area contributed by atoms with E-state index in [0.717, 1.165) is 23.5 Å². The van der Waals surface area contributed by atoms with E-state index in [9.17, 15) is 0 Å². The van der Waals surface area contributed by atoms with Crippen molar-refractivity contribution in [3.63, 3.8) is 0 Å². The van der Waals surface area contributed by atoms with Crippen LogP contribution < -0.4 is 0 Å². The van der Waals surface area contributed by atoms with E-state index in [1.165, 1.54) is 0 Å². The van der Waals surface area contributed by atoms with Gasteiger partial charge in [0.15, 0.2) is 0 Å². The first-order chi connectivity index (χ1) is 8.35. The molecule has 6 nitrogen and oxygen atoms in total. The van der Waals surface area contributed by atoms with Gasteiger partial charge < -0.3 is 0 Å². The lowest BCUT2D eigenvalue weighted by Crippen LogP contribution is -2.01. The lowest BCUT2D eigenvalue weighted by molar-refractivity contribution is 0.624. The smallest absolute Gasteiger partial charge is 0.0941 e. The predicted molar refractivity (Wildman–Crippen MR) is 64.0 cm³/mol. The van der Waals surface area contributed by atoms with Crippen molar-refractivity contribution in [2.45, 2.75) is 20.0 Å². The van der Waals surface area contributed by atoms with Crippen LogP contribution in [-0.4, -0.2) is 14.8 Å². The first kappa shape index (κ1) is 11.2. The minimum atomic E-state index is 0.317. The highest BCUT2D eigenvalue weighted by atomic mass is 15.3. The summed E-state index contributed by atoms with van der Waals surface area (Å²) >= 11 is 0. The molecule has 0 radical (unpaired) electrons. The summed E-state index contributed by atoms with van der Waals surface area (Å²) in [6.45, 7) is 3.06. The summed E-state index contributed by atoms with van der Waals surface area (Å²) in [6, 6.07) is 5.75. The molecule has 2 heterocycles. The lowest BCUT2D eigenvalue weighted by atomic mass is 10.2. The van der Waals surface area contributed by atoms with E-state index in [4.69, 9.17) is 5.53 Å². The average molecular weight is 228 g/mol. The van der Waals surface area contributed by atoms with Gasteiger partial charge in [-0.3, -0.25) is 9.67 Å². The highest BCUT2D eigenvalue weighted by Crippen LogP contribution is 2.18. The van der Waals surface area contributed by atoms with Crippen LogP contribution in [-0.2, 0) is 13.1 Å². The molecular formula is C11H12N6. The number of azide groups is 1. The summed E-state index contributed by atoms with van der Waals surface area (Å²) in [5.74, 6) is 0. The summed E-state index contributed by atoms with van der Waals surface area (Å²) in [7, 11) is 0. The molecule has 0 bridgehead atoms. The summed E-state index contributed by atoms with van der Waals surface area (Å²) in [4.78, 5) is 6.82. The number of nitrogens with zero attached hydrogens (tertiary/aromatic N) is 6. The van der Waals surface area contributed by atoms with Crippen molar-refractivity contribution < 1.29 is 0 Å². The van der Waals surface area contributed by atoms with Crippen molar-refractivity contribution in [2.24, 2.45) is 5.11 Å². The second kappa shape index (κ2) is 5.14. The van der Waals surface area contributed by atoms with Gasteiger partial charge in [0.1, 0.15) is 0 Å². The Bertz CT molecular complexity index is 538. The van der Waals surface area contributed by atoms with Crippen LogP contribution in [0.2, 0.25) is 0 Å². The second-order valence-corrected chi connectivity index (χ2v) is 3.47. The number of aryl methyl sites for hydroxylation is 1. The molecule has 2 aromatic heterocycles. The van der Waals surface area contributed by atoms with Crippen LogP contribution in [0.25, 0.3) is 21.7 Å². The largest absolute Gasteiger partial charge is 0.269 e. The number of hydrogen-bond acceptors (Lipinski definition) is 3. The van der Waals surface area contributed by atoms with Gasteiger partial charge in [-0.2, -0.15) is 5.10 Å². The van der Waals surface area contributed by atoms with Crippen molar-refractivity contribution in [2.75, 3.05) is 0 Å². The van der Waals surface area contributed by atoms with Crippen molar-refractivity contribution in [3.05, 3.63) is 46.7 Å².